The van der Waals surface area contributed by atoms with Gasteiger partial charge in [0.25, 0.3) is 0 Å². The number of nitrogens with one attached hydrogen (secondary N) is 1. The van der Waals surface area contributed by atoms with E-state index in [1.807, 2.05) is 24.3 Å². The Morgan fingerprint density at radius 1 is 1.18 bits per heavy atom. The van der Waals surface area contributed by atoms with E-state index in [0.717, 1.165) is 29.7 Å². The first-order valence-corrected chi connectivity index (χ1v) is 9.48. The van der Waals surface area contributed by atoms with Crippen LogP contribution in [0, 0.1) is 5.82 Å². The molecule has 1 saturated carbocycles. The highest BCUT2D eigenvalue weighted by Crippen LogP contribution is 2.48. The Balaban J connectivity index is 1.38. The lowest BCUT2D eigenvalue weighted by atomic mass is 9.94. The van der Waals surface area contributed by atoms with E-state index in [2.05, 4.69) is 5.32 Å². The number of halogens is 1. The van der Waals surface area contributed by atoms with Crippen molar-refractivity contribution in [1.82, 2.24) is 10.2 Å². The Morgan fingerprint density at radius 3 is 2.46 bits per heavy atom. The topological polar surface area (TPSA) is 58.6 Å². The van der Waals surface area contributed by atoms with E-state index in [9.17, 15) is 14.0 Å². The lowest BCUT2D eigenvalue weighted by Crippen LogP contribution is -2.42. The van der Waals surface area contributed by atoms with Gasteiger partial charge in [-0.05, 0) is 48.2 Å². The second-order valence-electron chi connectivity index (χ2n) is 7.59. The number of likely N-dealkylation sites (tertiary alicyclic amines) is 1. The highest BCUT2D eigenvalue weighted by atomic mass is 19.1. The molecular formula is C22H23FN2O3. The van der Waals surface area contributed by atoms with Gasteiger partial charge in [0, 0.05) is 19.5 Å². The Hall–Kier alpha value is -2.89. The Bertz CT molecular complexity index is 876. The molecule has 0 aromatic heterocycles. The number of benzene rings is 2. The van der Waals surface area contributed by atoms with Crippen molar-refractivity contribution in [3.63, 3.8) is 0 Å². The van der Waals surface area contributed by atoms with Crippen molar-refractivity contribution in [3.05, 3.63) is 65.5 Å². The van der Waals surface area contributed by atoms with Gasteiger partial charge >= 0.3 is 0 Å². The van der Waals surface area contributed by atoms with E-state index >= 15 is 0 Å². The number of amides is 2. The highest BCUT2D eigenvalue weighted by molar-refractivity contribution is 5.92. The third-order valence-electron chi connectivity index (χ3n) is 5.66. The molecule has 1 atom stereocenters. The smallest absolute Gasteiger partial charge is 0.230 e. The van der Waals surface area contributed by atoms with Crippen LogP contribution in [0.1, 0.15) is 30.4 Å². The van der Waals surface area contributed by atoms with Crippen LogP contribution in [-0.4, -0.2) is 36.4 Å². The SMILES string of the molecule is COc1ccc(C2(C(=O)N[C@@H]3CC(=O)N(Cc4ccc(F)cc4)C3)CC2)cc1. The van der Waals surface area contributed by atoms with Crippen LogP contribution in [0.3, 0.4) is 0 Å². The minimum Gasteiger partial charge on any atom is -0.497 e. The summed E-state index contributed by atoms with van der Waals surface area (Å²) in [4.78, 5) is 27.0. The molecule has 2 aromatic carbocycles. The number of ether oxygens (including phenoxy) is 1. The van der Waals surface area contributed by atoms with Gasteiger partial charge in [0.15, 0.2) is 0 Å². The summed E-state index contributed by atoms with van der Waals surface area (Å²) in [5, 5.41) is 3.07. The maximum absolute atomic E-state index is 13.0. The standard InChI is InChI=1S/C22H23FN2O3/c1-28-19-8-4-16(5-9-19)22(10-11-22)21(27)24-18-12-20(26)25(14-18)13-15-2-6-17(23)7-3-15/h2-9,18H,10-14H2,1H3,(H,24,27)/t18-/m1/s1. The zero-order chi connectivity index (χ0) is 19.7. The van der Waals surface area contributed by atoms with Gasteiger partial charge in [-0.2, -0.15) is 0 Å². The van der Waals surface area contributed by atoms with Crippen molar-refractivity contribution >= 4 is 11.8 Å². The van der Waals surface area contributed by atoms with Gasteiger partial charge in [-0.3, -0.25) is 9.59 Å². The third kappa shape index (κ3) is 3.59. The van der Waals surface area contributed by atoms with E-state index < -0.39 is 5.41 Å². The zero-order valence-electron chi connectivity index (χ0n) is 15.8. The number of nitrogens with zero attached hydrogens (tertiary/aromatic N) is 1. The summed E-state index contributed by atoms with van der Waals surface area (Å²) in [6.45, 7) is 0.899. The molecule has 6 heteroatoms. The molecule has 146 valence electrons. The number of carbonyl (C=O) groups is 2. The Labute approximate surface area is 163 Å². The number of hydrogen-bond acceptors (Lipinski definition) is 3. The molecule has 1 aliphatic carbocycles. The third-order valence-corrected chi connectivity index (χ3v) is 5.66. The predicted octanol–water partition coefficient (Wildman–Crippen LogP) is 2.78. The van der Waals surface area contributed by atoms with Gasteiger partial charge in [0.05, 0.1) is 18.6 Å². The van der Waals surface area contributed by atoms with Crippen LogP contribution >= 0.6 is 0 Å². The van der Waals surface area contributed by atoms with Gasteiger partial charge in [-0.15, -0.1) is 0 Å². The summed E-state index contributed by atoms with van der Waals surface area (Å²) < 4.78 is 18.2. The lowest BCUT2D eigenvalue weighted by molar-refractivity contribution is -0.128. The van der Waals surface area contributed by atoms with Crippen LogP contribution in [0.5, 0.6) is 5.75 Å². The first-order chi connectivity index (χ1) is 13.5. The van der Waals surface area contributed by atoms with E-state index in [-0.39, 0.29) is 23.7 Å². The molecule has 0 radical (unpaired) electrons. The molecule has 2 aromatic rings. The summed E-state index contributed by atoms with van der Waals surface area (Å²) in [5.41, 5.74) is 1.37. The maximum Gasteiger partial charge on any atom is 0.230 e. The quantitative estimate of drug-likeness (QED) is 0.836. The fraction of sp³-hybridized carbons (Fsp3) is 0.364. The summed E-state index contributed by atoms with van der Waals surface area (Å²) in [5.74, 6) is 0.454. The number of carbonyl (C=O) groups excluding carboxylic acids is 2. The molecule has 2 aliphatic rings. The van der Waals surface area contributed by atoms with E-state index in [1.54, 1.807) is 24.1 Å². The molecule has 5 nitrogen and oxygen atoms in total. The second kappa shape index (κ2) is 7.26. The first-order valence-electron chi connectivity index (χ1n) is 9.48. The molecule has 1 N–H and O–H groups in total. The van der Waals surface area contributed by atoms with E-state index in [0.29, 0.717) is 19.5 Å². The molecule has 0 spiro atoms. The summed E-state index contributed by atoms with van der Waals surface area (Å²) in [6.07, 6.45) is 1.92. The minimum atomic E-state index is -0.486. The van der Waals surface area contributed by atoms with Crippen molar-refractivity contribution in [3.8, 4) is 5.75 Å². The zero-order valence-corrected chi connectivity index (χ0v) is 15.8. The van der Waals surface area contributed by atoms with E-state index in [1.165, 1.54) is 12.1 Å². The van der Waals surface area contributed by atoms with Crippen molar-refractivity contribution in [2.75, 3.05) is 13.7 Å². The first kappa shape index (κ1) is 18.5. The summed E-state index contributed by atoms with van der Waals surface area (Å²) >= 11 is 0. The predicted molar refractivity (Wildman–Crippen MR) is 102 cm³/mol. The second-order valence-corrected chi connectivity index (χ2v) is 7.59. The monoisotopic (exact) mass is 382 g/mol. The van der Waals surface area contributed by atoms with Crippen LogP contribution < -0.4 is 10.1 Å². The fourth-order valence-corrected chi connectivity index (χ4v) is 3.84. The molecule has 0 unspecified atom stereocenters. The molecule has 4 rings (SSSR count). The van der Waals surface area contributed by atoms with Gasteiger partial charge < -0.3 is 15.0 Å². The number of rotatable bonds is 6. The van der Waals surface area contributed by atoms with Crippen LogP contribution in [-0.2, 0) is 21.5 Å². The maximum atomic E-state index is 13.0. The number of hydrogen-bond donors (Lipinski definition) is 1. The van der Waals surface area contributed by atoms with Crippen molar-refractivity contribution in [2.45, 2.75) is 37.3 Å². The van der Waals surface area contributed by atoms with Gasteiger partial charge in [0.2, 0.25) is 11.8 Å². The van der Waals surface area contributed by atoms with Crippen molar-refractivity contribution < 1.29 is 18.7 Å². The largest absolute Gasteiger partial charge is 0.497 e. The molecule has 2 fully saturated rings. The van der Waals surface area contributed by atoms with Crippen molar-refractivity contribution in [1.29, 1.82) is 0 Å². The Morgan fingerprint density at radius 2 is 1.86 bits per heavy atom. The molecular weight excluding hydrogens is 359 g/mol. The van der Waals surface area contributed by atoms with Gasteiger partial charge in [-0.25, -0.2) is 4.39 Å². The molecule has 2 amide bonds. The molecule has 1 heterocycles. The van der Waals surface area contributed by atoms with Crippen LogP contribution in [0.2, 0.25) is 0 Å². The van der Waals surface area contributed by atoms with Crippen molar-refractivity contribution in [2.24, 2.45) is 0 Å². The molecule has 0 bridgehead atoms. The average molecular weight is 382 g/mol. The van der Waals surface area contributed by atoms with Crippen LogP contribution in [0.25, 0.3) is 0 Å². The normalized spacial score (nSPS) is 20.1. The average Bonchev–Trinajstić information content (AvgIpc) is 3.44. The highest BCUT2D eigenvalue weighted by Gasteiger charge is 2.52. The van der Waals surface area contributed by atoms with Gasteiger partial charge in [-0.1, -0.05) is 24.3 Å². The summed E-state index contributed by atoms with van der Waals surface area (Å²) in [7, 11) is 1.61. The Kier molecular flexibility index (Phi) is 4.79. The summed E-state index contributed by atoms with van der Waals surface area (Å²) in [6, 6.07) is 13.5. The molecule has 1 aliphatic heterocycles. The lowest BCUT2D eigenvalue weighted by Gasteiger charge is -2.20. The van der Waals surface area contributed by atoms with Gasteiger partial charge in [0.1, 0.15) is 11.6 Å². The molecule has 28 heavy (non-hydrogen) atoms. The molecule has 1 saturated heterocycles. The van der Waals surface area contributed by atoms with Crippen LogP contribution in [0.15, 0.2) is 48.5 Å². The van der Waals surface area contributed by atoms with E-state index in [4.69, 9.17) is 4.74 Å². The minimum absolute atomic E-state index is 0.00363. The van der Waals surface area contributed by atoms with Crippen LogP contribution in [0.4, 0.5) is 4.39 Å². The number of methoxy groups -OCH3 is 1. The fourth-order valence-electron chi connectivity index (χ4n) is 3.84.